The summed E-state index contributed by atoms with van der Waals surface area (Å²) in [6.45, 7) is 3.10. The molecule has 4 N–H and O–H groups in total. The van der Waals surface area contributed by atoms with Crippen molar-refractivity contribution in [2.45, 2.75) is 19.9 Å². The molecule has 3 aromatic rings. The van der Waals surface area contributed by atoms with Gasteiger partial charge in [-0.1, -0.05) is 0 Å². The molecule has 0 aliphatic heterocycles. The number of carbonyl (C=O) groups is 1. The van der Waals surface area contributed by atoms with Crippen molar-refractivity contribution in [3.63, 3.8) is 0 Å². The second-order valence-electron chi connectivity index (χ2n) is 6.35. The molecule has 1 aromatic heterocycles. The number of anilines is 2. The highest BCUT2D eigenvalue weighted by atomic mass is 19.1. The smallest absolute Gasteiger partial charge is 0.323 e. The van der Waals surface area contributed by atoms with Crippen LogP contribution < -0.4 is 10.6 Å². The molecule has 0 bridgehead atoms. The van der Waals surface area contributed by atoms with Gasteiger partial charge in [-0.15, -0.1) is 0 Å². The molecule has 0 aliphatic rings. The predicted octanol–water partition coefficient (Wildman–Crippen LogP) is 2.96. The average Bonchev–Trinajstić information content (AvgIpc) is 2.90. The molecular weight excluding hydrogens is 351 g/mol. The van der Waals surface area contributed by atoms with Gasteiger partial charge in [0.25, 0.3) is 0 Å². The van der Waals surface area contributed by atoms with E-state index in [1.165, 1.54) is 12.1 Å². The fourth-order valence-corrected chi connectivity index (χ4v) is 3.08. The van der Waals surface area contributed by atoms with Crippen molar-refractivity contribution in [1.29, 1.82) is 0 Å². The topological polar surface area (TPSA) is 99.4 Å². The van der Waals surface area contributed by atoms with Crippen LogP contribution in [-0.2, 0) is 0 Å². The Kier molecular flexibility index (Phi) is 5.38. The van der Waals surface area contributed by atoms with E-state index in [0.717, 1.165) is 5.52 Å². The van der Waals surface area contributed by atoms with E-state index in [1.54, 1.807) is 42.7 Å². The Hall–Kier alpha value is -2.97. The number of aliphatic hydroxyl groups is 2. The van der Waals surface area contributed by atoms with Crippen LogP contribution in [0.1, 0.15) is 17.4 Å². The molecule has 0 aliphatic carbocycles. The van der Waals surface area contributed by atoms with Crippen LogP contribution in [-0.4, -0.2) is 39.0 Å². The van der Waals surface area contributed by atoms with Crippen LogP contribution >= 0.6 is 0 Å². The Morgan fingerprint density at radius 1 is 1.11 bits per heavy atom. The Morgan fingerprint density at radius 2 is 1.81 bits per heavy atom. The van der Waals surface area contributed by atoms with Gasteiger partial charge in [0.1, 0.15) is 11.6 Å². The summed E-state index contributed by atoms with van der Waals surface area (Å²) < 4.78 is 15.2. The molecule has 0 spiro atoms. The first-order chi connectivity index (χ1) is 12.9. The van der Waals surface area contributed by atoms with E-state index in [1.807, 2.05) is 0 Å². The van der Waals surface area contributed by atoms with E-state index in [2.05, 4.69) is 15.6 Å². The summed E-state index contributed by atoms with van der Waals surface area (Å²) in [5, 5.41) is 24.1. The van der Waals surface area contributed by atoms with Crippen LogP contribution in [0.5, 0.6) is 0 Å². The van der Waals surface area contributed by atoms with Crippen molar-refractivity contribution in [3.8, 4) is 0 Å². The fourth-order valence-electron chi connectivity index (χ4n) is 3.08. The lowest BCUT2D eigenvalue weighted by atomic mass is 10.2. The number of rotatable bonds is 5. The van der Waals surface area contributed by atoms with E-state index in [0.29, 0.717) is 28.3 Å². The molecule has 8 heteroatoms. The molecule has 7 nitrogen and oxygen atoms in total. The van der Waals surface area contributed by atoms with Crippen LogP contribution in [0, 0.1) is 19.7 Å². The van der Waals surface area contributed by atoms with Gasteiger partial charge in [-0.3, -0.25) is 0 Å². The Morgan fingerprint density at radius 3 is 2.48 bits per heavy atom. The number of fused-ring (bicyclic) bond motifs is 1. The van der Waals surface area contributed by atoms with E-state index >= 15 is 0 Å². The molecule has 2 amide bonds. The highest BCUT2D eigenvalue weighted by Crippen LogP contribution is 2.24. The SMILES string of the molecule is Cc1cc(F)cc(NC(=O)Nc2ccc3c(c2)nc(C)n3C(CO)CO)c1. The van der Waals surface area contributed by atoms with Gasteiger partial charge in [0.2, 0.25) is 0 Å². The monoisotopic (exact) mass is 372 g/mol. The second-order valence-corrected chi connectivity index (χ2v) is 6.35. The minimum Gasteiger partial charge on any atom is -0.394 e. The molecular formula is C19H21FN4O3. The Bertz CT molecular complexity index is 962. The molecule has 0 saturated carbocycles. The van der Waals surface area contributed by atoms with Crippen LogP contribution in [0.3, 0.4) is 0 Å². The van der Waals surface area contributed by atoms with E-state index < -0.39 is 17.9 Å². The van der Waals surface area contributed by atoms with Crippen LogP contribution in [0.4, 0.5) is 20.6 Å². The molecule has 0 atom stereocenters. The van der Waals surface area contributed by atoms with Gasteiger partial charge in [-0.25, -0.2) is 14.2 Å². The summed E-state index contributed by atoms with van der Waals surface area (Å²) in [6, 6.07) is 8.46. The molecule has 0 radical (unpaired) electrons. The Balaban J connectivity index is 1.80. The zero-order chi connectivity index (χ0) is 19.6. The minimum atomic E-state index is -0.501. The zero-order valence-electron chi connectivity index (χ0n) is 15.0. The molecule has 0 saturated heterocycles. The number of aryl methyl sites for hydroxylation is 2. The maximum absolute atomic E-state index is 13.4. The van der Waals surface area contributed by atoms with E-state index in [-0.39, 0.29) is 13.2 Å². The average molecular weight is 372 g/mol. The second kappa shape index (κ2) is 7.73. The number of halogens is 1. The van der Waals surface area contributed by atoms with Crippen molar-refractivity contribution >= 4 is 28.4 Å². The summed E-state index contributed by atoms with van der Waals surface area (Å²) in [6.07, 6.45) is 0. The first-order valence-corrected chi connectivity index (χ1v) is 8.46. The number of hydrogen-bond acceptors (Lipinski definition) is 4. The quantitative estimate of drug-likeness (QED) is 0.553. The number of imidazole rings is 1. The van der Waals surface area contributed by atoms with E-state index in [9.17, 15) is 19.4 Å². The number of aromatic nitrogens is 2. The predicted molar refractivity (Wildman–Crippen MR) is 101 cm³/mol. The van der Waals surface area contributed by atoms with Gasteiger partial charge in [0.15, 0.2) is 0 Å². The van der Waals surface area contributed by atoms with Gasteiger partial charge < -0.3 is 25.4 Å². The standard InChI is InChI=1S/C19H21FN4O3/c1-11-5-13(20)7-15(6-11)23-19(27)22-14-3-4-18-17(8-14)21-12(2)24(18)16(9-25)10-26/h3-8,16,25-26H,9-10H2,1-2H3,(H2,22,23,27). The largest absolute Gasteiger partial charge is 0.394 e. The normalized spacial score (nSPS) is 11.2. The van der Waals surface area contributed by atoms with Gasteiger partial charge in [-0.05, 0) is 55.8 Å². The molecule has 3 rings (SSSR count). The van der Waals surface area contributed by atoms with Crippen molar-refractivity contribution in [3.05, 3.63) is 53.6 Å². The lowest BCUT2D eigenvalue weighted by Gasteiger charge is -2.16. The highest BCUT2D eigenvalue weighted by molar-refractivity contribution is 6.00. The van der Waals surface area contributed by atoms with E-state index in [4.69, 9.17) is 0 Å². The minimum absolute atomic E-state index is 0.210. The first kappa shape index (κ1) is 18.8. The fraction of sp³-hybridized carbons (Fsp3) is 0.263. The third kappa shape index (κ3) is 4.07. The molecule has 27 heavy (non-hydrogen) atoms. The van der Waals surface area contributed by atoms with Crippen molar-refractivity contribution < 1.29 is 19.4 Å². The van der Waals surface area contributed by atoms with Crippen molar-refractivity contribution in [1.82, 2.24) is 9.55 Å². The summed E-state index contributed by atoms with van der Waals surface area (Å²) in [4.78, 5) is 16.6. The number of urea groups is 1. The summed E-state index contributed by atoms with van der Waals surface area (Å²) in [5.41, 5.74) is 2.95. The lowest BCUT2D eigenvalue weighted by molar-refractivity contribution is 0.155. The number of aliphatic hydroxyl groups excluding tert-OH is 2. The number of carbonyl (C=O) groups excluding carboxylic acids is 1. The summed E-state index contributed by atoms with van der Waals surface area (Å²) in [5.74, 6) is 0.227. The number of amides is 2. The maximum atomic E-state index is 13.4. The Labute approximate surface area is 155 Å². The van der Waals surface area contributed by atoms with Gasteiger partial charge >= 0.3 is 6.03 Å². The molecule has 1 heterocycles. The third-order valence-corrected chi connectivity index (χ3v) is 4.21. The number of nitrogens with zero attached hydrogens (tertiary/aromatic N) is 2. The van der Waals surface area contributed by atoms with Gasteiger partial charge in [0.05, 0.1) is 30.3 Å². The third-order valence-electron chi connectivity index (χ3n) is 4.21. The van der Waals surface area contributed by atoms with Gasteiger partial charge in [-0.2, -0.15) is 0 Å². The molecule has 2 aromatic carbocycles. The maximum Gasteiger partial charge on any atom is 0.323 e. The number of hydrogen-bond donors (Lipinski definition) is 4. The van der Waals surface area contributed by atoms with Crippen LogP contribution in [0.25, 0.3) is 11.0 Å². The zero-order valence-corrected chi connectivity index (χ0v) is 15.0. The molecule has 0 fully saturated rings. The van der Waals surface area contributed by atoms with Crippen molar-refractivity contribution in [2.75, 3.05) is 23.8 Å². The number of nitrogens with one attached hydrogen (secondary N) is 2. The van der Waals surface area contributed by atoms with Crippen LogP contribution in [0.2, 0.25) is 0 Å². The summed E-state index contributed by atoms with van der Waals surface area (Å²) in [7, 11) is 0. The van der Waals surface area contributed by atoms with Crippen molar-refractivity contribution in [2.24, 2.45) is 0 Å². The lowest BCUT2D eigenvalue weighted by Crippen LogP contribution is -2.19. The summed E-state index contributed by atoms with van der Waals surface area (Å²) >= 11 is 0. The molecule has 142 valence electrons. The highest BCUT2D eigenvalue weighted by Gasteiger charge is 2.16. The number of benzene rings is 2. The molecule has 0 unspecified atom stereocenters. The van der Waals surface area contributed by atoms with Crippen LogP contribution in [0.15, 0.2) is 36.4 Å². The van der Waals surface area contributed by atoms with Gasteiger partial charge in [0, 0.05) is 11.4 Å². The first-order valence-electron chi connectivity index (χ1n) is 8.46.